The third-order valence-electron chi connectivity index (χ3n) is 1.07. The van der Waals surface area contributed by atoms with Crippen molar-refractivity contribution in [1.29, 1.82) is 0 Å². The molecule has 10 heavy (non-hydrogen) atoms. The number of aliphatic imine (C=N–C) groups is 1. The Balaban J connectivity index is 3.67. The van der Waals surface area contributed by atoms with Crippen molar-refractivity contribution in [3.05, 3.63) is 12.3 Å². The Kier molecular flexibility index (Phi) is 4.46. The highest BCUT2D eigenvalue weighted by Gasteiger charge is 1.93. The zero-order chi connectivity index (χ0) is 7.98. The Hall–Kier alpha value is -0.920. The second kappa shape index (κ2) is 4.91. The number of Topliss-reactive ketones (excluding diaryl/α,β-unsaturated/α-hetero) is 1. The second-order valence-corrected chi connectivity index (χ2v) is 2.10. The van der Waals surface area contributed by atoms with E-state index in [2.05, 4.69) is 18.5 Å². The molecule has 0 atom stereocenters. The minimum atomic E-state index is -0.0626. The van der Waals surface area contributed by atoms with Crippen molar-refractivity contribution in [2.75, 3.05) is 0 Å². The van der Waals surface area contributed by atoms with Crippen molar-refractivity contribution in [1.82, 2.24) is 0 Å². The number of nitrogens with zero attached hydrogens (tertiary/aromatic N) is 1. The highest BCUT2D eigenvalue weighted by molar-refractivity contribution is 5.93. The van der Waals surface area contributed by atoms with Crippen LogP contribution in [0.4, 0.5) is 0 Å². The molecule has 0 saturated carbocycles. The van der Waals surface area contributed by atoms with Crippen LogP contribution < -0.4 is 0 Å². The predicted molar refractivity (Wildman–Crippen MR) is 43.2 cm³/mol. The molecule has 0 aromatic carbocycles. The van der Waals surface area contributed by atoms with Crippen LogP contribution in [-0.4, -0.2) is 12.0 Å². The van der Waals surface area contributed by atoms with E-state index in [1.54, 1.807) is 6.21 Å². The molecule has 0 bridgehead atoms. The molecule has 0 rings (SSSR count). The van der Waals surface area contributed by atoms with Gasteiger partial charge < -0.3 is 0 Å². The van der Waals surface area contributed by atoms with Crippen LogP contribution in [0.15, 0.2) is 17.3 Å². The van der Waals surface area contributed by atoms with Crippen molar-refractivity contribution in [3.63, 3.8) is 0 Å². The normalized spacial score (nSPS) is 10.2. The van der Waals surface area contributed by atoms with Gasteiger partial charge in [0.1, 0.15) is 0 Å². The fourth-order valence-electron chi connectivity index (χ4n) is 0.395. The number of allylic oxidation sites excluding steroid dienone is 1. The van der Waals surface area contributed by atoms with E-state index in [0.29, 0.717) is 5.70 Å². The van der Waals surface area contributed by atoms with Crippen LogP contribution in [0.1, 0.15) is 26.7 Å². The highest BCUT2D eigenvalue weighted by Crippen LogP contribution is 1.93. The molecule has 0 aliphatic heterocycles. The van der Waals surface area contributed by atoms with E-state index in [0.717, 1.165) is 12.8 Å². The van der Waals surface area contributed by atoms with Crippen LogP contribution >= 0.6 is 0 Å². The van der Waals surface area contributed by atoms with Gasteiger partial charge >= 0.3 is 0 Å². The lowest BCUT2D eigenvalue weighted by molar-refractivity contribution is -0.113. The zero-order valence-corrected chi connectivity index (χ0v) is 6.55. The van der Waals surface area contributed by atoms with Gasteiger partial charge in [-0.3, -0.25) is 9.79 Å². The molecule has 0 aromatic heterocycles. The summed E-state index contributed by atoms with van der Waals surface area (Å²) in [5, 5.41) is 0. The summed E-state index contributed by atoms with van der Waals surface area (Å²) in [5.74, 6) is -0.0626. The monoisotopic (exact) mass is 139 g/mol. The van der Waals surface area contributed by atoms with Crippen molar-refractivity contribution >= 4 is 12.0 Å². The van der Waals surface area contributed by atoms with E-state index in [1.165, 1.54) is 6.92 Å². The lowest BCUT2D eigenvalue weighted by Gasteiger charge is -1.89. The summed E-state index contributed by atoms with van der Waals surface area (Å²) in [6.07, 6.45) is 3.69. The quantitative estimate of drug-likeness (QED) is 0.432. The first-order valence-corrected chi connectivity index (χ1v) is 3.40. The molecule has 0 spiro atoms. The molecular weight excluding hydrogens is 126 g/mol. The van der Waals surface area contributed by atoms with Gasteiger partial charge in [-0.25, -0.2) is 0 Å². The van der Waals surface area contributed by atoms with Gasteiger partial charge in [0.25, 0.3) is 0 Å². The van der Waals surface area contributed by atoms with Crippen LogP contribution in [0.25, 0.3) is 0 Å². The molecule has 0 radical (unpaired) electrons. The molecule has 0 heterocycles. The lowest BCUT2D eigenvalue weighted by Crippen LogP contribution is -1.90. The number of carbonyl (C=O) groups is 1. The average Bonchev–Trinajstić information content (AvgIpc) is 1.88. The second-order valence-electron chi connectivity index (χ2n) is 2.10. The first-order chi connectivity index (χ1) is 4.68. The molecule has 2 nitrogen and oxygen atoms in total. The number of hydrogen-bond donors (Lipinski definition) is 0. The van der Waals surface area contributed by atoms with Crippen molar-refractivity contribution in [2.24, 2.45) is 4.99 Å². The Bertz CT molecular complexity index is 159. The third-order valence-corrected chi connectivity index (χ3v) is 1.07. The molecule has 56 valence electrons. The molecule has 0 aliphatic rings. The number of rotatable bonds is 4. The fourth-order valence-corrected chi connectivity index (χ4v) is 0.395. The Morgan fingerprint density at radius 3 is 2.70 bits per heavy atom. The third kappa shape index (κ3) is 4.01. The Morgan fingerprint density at radius 1 is 1.70 bits per heavy atom. The Morgan fingerprint density at radius 2 is 2.30 bits per heavy atom. The van der Waals surface area contributed by atoms with Gasteiger partial charge in [-0.15, -0.1) is 0 Å². The van der Waals surface area contributed by atoms with E-state index in [9.17, 15) is 4.79 Å². The van der Waals surface area contributed by atoms with Crippen LogP contribution in [0.5, 0.6) is 0 Å². The summed E-state index contributed by atoms with van der Waals surface area (Å²) in [5.41, 5.74) is 0.341. The Labute approximate surface area is 61.7 Å². The fraction of sp³-hybridized carbons (Fsp3) is 0.500. The van der Waals surface area contributed by atoms with Gasteiger partial charge in [0, 0.05) is 13.1 Å². The van der Waals surface area contributed by atoms with E-state index in [1.807, 2.05) is 0 Å². The first kappa shape index (κ1) is 9.08. The summed E-state index contributed by atoms with van der Waals surface area (Å²) in [6.45, 7) is 7.00. The number of ketones is 1. The van der Waals surface area contributed by atoms with Gasteiger partial charge in [-0.2, -0.15) is 0 Å². The largest absolute Gasteiger partial charge is 0.293 e. The number of hydrogen-bond acceptors (Lipinski definition) is 2. The topological polar surface area (TPSA) is 29.4 Å². The van der Waals surface area contributed by atoms with E-state index < -0.39 is 0 Å². The van der Waals surface area contributed by atoms with Gasteiger partial charge in [-0.1, -0.05) is 19.9 Å². The maximum atomic E-state index is 10.5. The number of carbonyl (C=O) groups excluding carboxylic acids is 1. The SMILES string of the molecule is C=C(/N=C\CCC)C(C)=O. The molecule has 0 aromatic rings. The molecule has 0 fully saturated rings. The van der Waals surface area contributed by atoms with Crippen molar-refractivity contribution < 1.29 is 4.79 Å². The summed E-state index contributed by atoms with van der Waals surface area (Å²) in [7, 11) is 0. The standard InChI is InChI=1S/C8H13NO/c1-4-5-6-9-7(2)8(3)10/h6H,2,4-5H2,1,3H3/b9-6-. The van der Waals surface area contributed by atoms with Gasteiger partial charge in [0.2, 0.25) is 0 Å². The van der Waals surface area contributed by atoms with Crippen molar-refractivity contribution in [3.8, 4) is 0 Å². The average molecular weight is 139 g/mol. The highest BCUT2D eigenvalue weighted by atomic mass is 16.1. The van der Waals surface area contributed by atoms with E-state index in [4.69, 9.17) is 0 Å². The smallest absolute Gasteiger partial charge is 0.177 e. The molecule has 0 amide bonds. The molecule has 0 saturated heterocycles. The van der Waals surface area contributed by atoms with Crippen LogP contribution in [0, 0.1) is 0 Å². The lowest BCUT2D eigenvalue weighted by atomic mass is 10.3. The molecule has 0 N–H and O–H groups in total. The molecular formula is C8H13NO. The summed E-state index contributed by atoms with van der Waals surface area (Å²) in [4.78, 5) is 14.4. The minimum Gasteiger partial charge on any atom is -0.293 e. The molecule has 2 heteroatoms. The first-order valence-electron chi connectivity index (χ1n) is 3.40. The predicted octanol–water partition coefficient (Wildman–Crippen LogP) is 1.96. The maximum absolute atomic E-state index is 10.5. The molecule has 0 unspecified atom stereocenters. The maximum Gasteiger partial charge on any atom is 0.177 e. The van der Waals surface area contributed by atoms with Crippen LogP contribution in [-0.2, 0) is 4.79 Å². The van der Waals surface area contributed by atoms with E-state index in [-0.39, 0.29) is 5.78 Å². The van der Waals surface area contributed by atoms with E-state index >= 15 is 0 Å². The zero-order valence-electron chi connectivity index (χ0n) is 6.55. The number of unbranched alkanes of at least 4 members (excludes halogenated alkanes) is 1. The molecule has 0 aliphatic carbocycles. The van der Waals surface area contributed by atoms with Crippen LogP contribution in [0.2, 0.25) is 0 Å². The summed E-state index contributed by atoms with van der Waals surface area (Å²) >= 11 is 0. The summed E-state index contributed by atoms with van der Waals surface area (Å²) in [6, 6.07) is 0. The van der Waals surface area contributed by atoms with Gasteiger partial charge in [-0.05, 0) is 6.42 Å². The van der Waals surface area contributed by atoms with Gasteiger partial charge in [0.15, 0.2) is 5.78 Å². The summed E-state index contributed by atoms with van der Waals surface area (Å²) < 4.78 is 0. The van der Waals surface area contributed by atoms with Gasteiger partial charge in [0.05, 0.1) is 5.70 Å². The van der Waals surface area contributed by atoms with Crippen molar-refractivity contribution in [2.45, 2.75) is 26.7 Å². The minimum absolute atomic E-state index is 0.0626. The van der Waals surface area contributed by atoms with Crippen LogP contribution in [0.3, 0.4) is 0 Å².